The zero-order valence-corrected chi connectivity index (χ0v) is 5.99. The first-order chi connectivity index (χ1) is 5.24. The Labute approximate surface area is 63.9 Å². The number of rotatable bonds is 3. The molecule has 0 spiro atoms. The minimum absolute atomic E-state index is 0.144. The van der Waals surface area contributed by atoms with Gasteiger partial charge in [-0.3, -0.25) is 0 Å². The van der Waals surface area contributed by atoms with Crippen LogP contribution in [0.3, 0.4) is 0 Å². The van der Waals surface area contributed by atoms with Crippen LogP contribution in [0.4, 0.5) is 0 Å². The highest BCUT2D eigenvalue weighted by Crippen LogP contribution is 2.06. The van der Waals surface area contributed by atoms with E-state index < -0.39 is 12.0 Å². The first-order valence-corrected chi connectivity index (χ1v) is 3.36. The van der Waals surface area contributed by atoms with Crippen LogP contribution >= 0.6 is 0 Å². The largest absolute Gasteiger partial charge is 0.480 e. The Morgan fingerprint density at radius 2 is 2.64 bits per heavy atom. The number of aliphatic imine (C=N–C) groups is 1. The number of carbonyl (C=O) groups is 1. The summed E-state index contributed by atoms with van der Waals surface area (Å²) in [5.41, 5.74) is 5.22. The molecule has 5 nitrogen and oxygen atoms in total. The number of hydrogen-bond donors (Lipinski definition) is 2. The van der Waals surface area contributed by atoms with Gasteiger partial charge in [-0.1, -0.05) is 0 Å². The van der Waals surface area contributed by atoms with E-state index in [2.05, 4.69) is 4.99 Å². The molecule has 0 amide bonds. The van der Waals surface area contributed by atoms with Crippen molar-refractivity contribution in [3.05, 3.63) is 0 Å². The van der Waals surface area contributed by atoms with Crippen LogP contribution in [0.25, 0.3) is 0 Å². The van der Waals surface area contributed by atoms with Gasteiger partial charge >= 0.3 is 5.97 Å². The second-order valence-corrected chi connectivity index (χ2v) is 2.23. The number of hydrogen-bond acceptors (Lipinski definition) is 4. The summed E-state index contributed by atoms with van der Waals surface area (Å²) in [6.45, 7) is 0.579. The lowest BCUT2D eigenvalue weighted by Gasteiger charge is -1.96. The van der Waals surface area contributed by atoms with Gasteiger partial charge in [0.15, 0.2) is 11.9 Å². The van der Waals surface area contributed by atoms with Crippen LogP contribution in [0.2, 0.25) is 0 Å². The fourth-order valence-electron chi connectivity index (χ4n) is 0.810. The van der Waals surface area contributed by atoms with Gasteiger partial charge in [0.25, 0.3) is 0 Å². The number of aliphatic carboxylic acids is 1. The van der Waals surface area contributed by atoms with Crippen molar-refractivity contribution in [3.63, 3.8) is 0 Å². The summed E-state index contributed by atoms with van der Waals surface area (Å²) in [5, 5.41) is 8.48. The summed E-state index contributed by atoms with van der Waals surface area (Å²) in [5.74, 6) is -0.489. The van der Waals surface area contributed by atoms with E-state index >= 15 is 0 Å². The van der Waals surface area contributed by atoms with Crippen molar-refractivity contribution in [1.82, 2.24) is 0 Å². The number of nitrogens with zero attached hydrogens (tertiary/aromatic N) is 1. The molecule has 1 atom stereocenters. The molecule has 0 bridgehead atoms. The maximum Gasteiger partial charge on any atom is 0.332 e. The van der Waals surface area contributed by atoms with Crippen molar-refractivity contribution in [2.75, 3.05) is 13.2 Å². The van der Waals surface area contributed by atoms with Gasteiger partial charge in [0.2, 0.25) is 0 Å². The van der Waals surface area contributed by atoms with E-state index in [0.29, 0.717) is 18.9 Å². The third-order valence-electron chi connectivity index (χ3n) is 1.35. The molecule has 11 heavy (non-hydrogen) atoms. The van der Waals surface area contributed by atoms with Crippen LogP contribution in [0.15, 0.2) is 4.99 Å². The number of ether oxygens (including phenoxy) is 1. The summed E-state index contributed by atoms with van der Waals surface area (Å²) in [6, 6.07) is -0.725. The molecule has 0 aromatic rings. The molecule has 5 heteroatoms. The molecule has 1 aliphatic rings. The molecule has 1 unspecified atom stereocenters. The summed E-state index contributed by atoms with van der Waals surface area (Å²) in [4.78, 5) is 14.1. The van der Waals surface area contributed by atoms with Crippen molar-refractivity contribution < 1.29 is 14.6 Å². The van der Waals surface area contributed by atoms with Gasteiger partial charge in [-0.05, 0) is 0 Å². The molecule has 0 aromatic carbocycles. The molecule has 1 aliphatic heterocycles. The minimum Gasteiger partial charge on any atom is -0.480 e. The van der Waals surface area contributed by atoms with E-state index in [4.69, 9.17) is 15.6 Å². The van der Waals surface area contributed by atoms with Gasteiger partial charge in [0.05, 0.1) is 0 Å². The Kier molecular flexibility index (Phi) is 2.43. The molecular formula is C6H10N2O3. The number of carboxylic acids is 1. The Balaban J connectivity index is 2.47. The first kappa shape index (κ1) is 8.00. The zero-order valence-electron chi connectivity index (χ0n) is 5.99. The minimum atomic E-state index is -0.947. The predicted octanol–water partition coefficient (Wildman–Crippen LogP) is -0.783. The van der Waals surface area contributed by atoms with E-state index in [9.17, 15) is 4.79 Å². The molecule has 0 saturated heterocycles. The van der Waals surface area contributed by atoms with Crippen molar-refractivity contribution >= 4 is 11.9 Å². The third-order valence-corrected chi connectivity index (χ3v) is 1.35. The zero-order chi connectivity index (χ0) is 8.27. The molecule has 0 aromatic heterocycles. The van der Waals surface area contributed by atoms with Crippen LogP contribution in [0.1, 0.15) is 6.42 Å². The summed E-state index contributed by atoms with van der Waals surface area (Å²) in [7, 11) is 0. The third kappa shape index (κ3) is 1.91. The van der Waals surface area contributed by atoms with Crippen molar-refractivity contribution in [3.8, 4) is 0 Å². The molecule has 0 radical (unpaired) electrons. The van der Waals surface area contributed by atoms with Crippen molar-refractivity contribution in [2.24, 2.45) is 10.7 Å². The standard InChI is InChI=1S/C6H10N2O3/c7-2-1-5-8-4(3-11-5)6(9)10/h4H,1-3,7H2,(H,9,10). The van der Waals surface area contributed by atoms with Gasteiger partial charge in [0, 0.05) is 13.0 Å². The van der Waals surface area contributed by atoms with E-state index in [1.165, 1.54) is 0 Å². The lowest BCUT2D eigenvalue weighted by molar-refractivity contribution is -0.138. The molecule has 0 fully saturated rings. The smallest absolute Gasteiger partial charge is 0.332 e. The maximum atomic E-state index is 10.3. The summed E-state index contributed by atoms with van der Waals surface area (Å²) in [6.07, 6.45) is 0.518. The SMILES string of the molecule is NCCC1=NC(C(=O)O)CO1. The Morgan fingerprint density at radius 1 is 1.91 bits per heavy atom. The topological polar surface area (TPSA) is 84.9 Å². The molecule has 1 rings (SSSR count). The number of nitrogens with two attached hydrogens (primary N) is 1. The van der Waals surface area contributed by atoms with Gasteiger partial charge in [-0.2, -0.15) is 0 Å². The Bertz CT molecular complexity index is 190. The Hall–Kier alpha value is -1.10. The van der Waals surface area contributed by atoms with Gasteiger partial charge in [-0.25, -0.2) is 9.79 Å². The summed E-state index contributed by atoms with van der Waals surface area (Å²) >= 11 is 0. The quantitative estimate of drug-likeness (QED) is 0.564. The van der Waals surface area contributed by atoms with E-state index in [0.717, 1.165) is 0 Å². The van der Waals surface area contributed by atoms with Crippen LogP contribution in [-0.2, 0) is 9.53 Å². The highest BCUT2D eigenvalue weighted by Gasteiger charge is 2.24. The molecular weight excluding hydrogens is 148 g/mol. The second-order valence-electron chi connectivity index (χ2n) is 2.23. The van der Waals surface area contributed by atoms with Crippen LogP contribution < -0.4 is 5.73 Å². The lowest BCUT2D eigenvalue weighted by atomic mass is 10.3. The van der Waals surface area contributed by atoms with E-state index in [-0.39, 0.29) is 6.61 Å². The van der Waals surface area contributed by atoms with E-state index in [1.807, 2.05) is 0 Å². The van der Waals surface area contributed by atoms with Crippen LogP contribution in [0, 0.1) is 0 Å². The van der Waals surface area contributed by atoms with E-state index in [1.54, 1.807) is 0 Å². The maximum absolute atomic E-state index is 10.3. The highest BCUT2D eigenvalue weighted by molar-refractivity contribution is 5.84. The monoisotopic (exact) mass is 158 g/mol. The average Bonchev–Trinajstić information content (AvgIpc) is 2.37. The van der Waals surface area contributed by atoms with Gasteiger partial charge in [0.1, 0.15) is 6.61 Å². The van der Waals surface area contributed by atoms with Crippen LogP contribution in [-0.4, -0.2) is 36.2 Å². The Morgan fingerprint density at radius 3 is 3.09 bits per heavy atom. The lowest BCUT2D eigenvalue weighted by Crippen LogP contribution is -2.18. The average molecular weight is 158 g/mol. The summed E-state index contributed by atoms with van der Waals surface area (Å²) < 4.78 is 4.96. The van der Waals surface area contributed by atoms with Gasteiger partial charge in [-0.15, -0.1) is 0 Å². The molecule has 0 saturated carbocycles. The second kappa shape index (κ2) is 3.34. The molecule has 62 valence electrons. The van der Waals surface area contributed by atoms with Crippen molar-refractivity contribution in [2.45, 2.75) is 12.5 Å². The molecule has 0 aliphatic carbocycles. The van der Waals surface area contributed by atoms with Crippen molar-refractivity contribution in [1.29, 1.82) is 0 Å². The van der Waals surface area contributed by atoms with Crippen LogP contribution in [0.5, 0.6) is 0 Å². The normalized spacial score (nSPS) is 22.6. The number of carboxylic acid groups (broad SMARTS) is 1. The fourth-order valence-corrected chi connectivity index (χ4v) is 0.810. The predicted molar refractivity (Wildman–Crippen MR) is 38.5 cm³/mol. The molecule has 3 N–H and O–H groups in total. The first-order valence-electron chi connectivity index (χ1n) is 3.36. The highest BCUT2D eigenvalue weighted by atomic mass is 16.5. The van der Waals surface area contributed by atoms with Gasteiger partial charge < -0.3 is 15.6 Å². The molecule has 1 heterocycles. The fraction of sp³-hybridized carbons (Fsp3) is 0.667.